The van der Waals surface area contributed by atoms with Crippen LogP contribution >= 0.6 is 23.5 Å². The molecular weight excluding hydrogens is 592 g/mol. The molecule has 5 heterocycles. The average molecular weight is 617 g/mol. The molecule has 3 amide bonds. The van der Waals surface area contributed by atoms with Crippen LogP contribution in [0.5, 0.6) is 0 Å². The highest BCUT2D eigenvalue weighted by Crippen LogP contribution is 2.41. The first-order valence-electron chi connectivity index (χ1n) is 12.3. The summed E-state index contributed by atoms with van der Waals surface area (Å²) < 4.78 is 4.48. The van der Waals surface area contributed by atoms with Crippen molar-refractivity contribution in [2.75, 3.05) is 26.0 Å². The molecule has 4 aliphatic heterocycles. The fourth-order valence-electron chi connectivity index (χ4n) is 4.36. The normalized spacial score (nSPS) is 22.9. The highest BCUT2D eigenvalue weighted by molar-refractivity contribution is 8.05. The number of amides is 3. The minimum absolute atomic E-state index is 0.139. The molecule has 0 aliphatic carbocycles. The first-order chi connectivity index (χ1) is 20.2. The molecule has 42 heavy (non-hydrogen) atoms. The monoisotopic (exact) mass is 616 g/mol. The molecule has 5 rings (SSSR count). The number of aliphatic carboxylic acids is 1. The summed E-state index contributed by atoms with van der Waals surface area (Å²) in [5.74, 6) is -3.27. The topological polar surface area (TPSA) is 208 Å². The van der Waals surface area contributed by atoms with Crippen LogP contribution < -0.4 is 10.6 Å². The van der Waals surface area contributed by atoms with Gasteiger partial charge in [-0.3, -0.25) is 24.4 Å². The molecule has 0 aromatic carbocycles. The summed E-state index contributed by atoms with van der Waals surface area (Å²) in [5.41, 5.74) is 0.562. The Morgan fingerprint density at radius 1 is 1.29 bits per heavy atom. The van der Waals surface area contributed by atoms with Gasteiger partial charge in [0.2, 0.25) is 12.5 Å². The Hall–Kier alpha value is -4.58. The van der Waals surface area contributed by atoms with Crippen LogP contribution in [0.25, 0.3) is 0 Å². The molecule has 4 N–H and O–H groups in total. The summed E-state index contributed by atoms with van der Waals surface area (Å²) >= 11 is 2.68. The van der Waals surface area contributed by atoms with Crippen molar-refractivity contribution in [2.45, 2.75) is 23.8 Å². The van der Waals surface area contributed by atoms with E-state index in [1.165, 1.54) is 54.7 Å². The quantitative estimate of drug-likeness (QED) is 0.112. The van der Waals surface area contributed by atoms with Crippen molar-refractivity contribution in [1.82, 2.24) is 30.6 Å². The van der Waals surface area contributed by atoms with Crippen LogP contribution in [-0.2, 0) is 33.5 Å². The number of aromatic nitrogens is 2. The molecule has 1 fully saturated rings. The molecule has 0 bridgehead atoms. The molecule has 0 radical (unpaired) electrons. The molecular formula is C24H24N8O8S2. The Labute approximate surface area is 246 Å². The predicted molar refractivity (Wildman–Crippen MR) is 149 cm³/mol. The third kappa shape index (κ3) is 5.89. The molecule has 1 aromatic rings. The molecule has 4 aliphatic rings. The zero-order valence-electron chi connectivity index (χ0n) is 22.1. The lowest BCUT2D eigenvalue weighted by molar-refractivity contribution is -0.150. The van der Waals surface area contributed by atoms with Crippen molar-refractivity contribution in [1.29, 1.82) is 0 Å². The second-order valence-corrected chi connectivity index (χ2v) is 11.3. The van der Waals surface area contributed by atoms with Gasteiger partial charge in [-0.15, -0.1) is 11.8 Å². The van der Waals surface area contributed by atoms with Gasteiger partial charge in [0, 0.05) is 37.8 Å². The maximum absolute atomic E-state index is 13.2. The van der Waals surface area contributed by atoms with E-state index in [2.05, 4.69) is 35.7 Å². The zero-order chi connectivity index (χ0) is 30.0. The number of hydrogen-bond donors (Lipinski definition) is 4. The number of methoxy groups -OCH3 is 1. The number of thioether (sulfide) groups is 2. The van der Waals surface area contributed by atoms with Gasteiger partial charge >= 0.3 is 11.9 Å². The lowest BCUT2D eigenvalue weighted by Crippen LogP contribution is -2.71. The van der Waals surface area contributed by atoms with Crippen molar-refractivity contribution in [3.05, 3.63) is 52.6 Å². The molecule has 1 saturated heterocycles. The van der Waals surface area contributed by atoms with Gasteiger partial charge in [0.05, 0.1) is 23.4 Å². The number of H-pyrrole nitrogens is 1. The Bertz CT molecular complexity index is 1480. The zero-order valence-corrected chi connectivity index (χ0v) is 23.7. The number of nitrogens with one attached hydrogen (secondary N) is 3. The van der Waals surface area contributed by atoms with E-state index in [9.17, 15) is 29.1 Å². The van der Waals surface area contributed by atoms with Gasteiger partial charge in [0.25, 0.3) is 11.8 Å². The Morgan fingerprint density at radius 2 is 2.10 bits per heavy atom. The molecule has 1 aromatic heterocycles. The number of allylic oxidation sites excluding steroid dienone is 2. The molecule has 16 nitrogen and oxygen atoms in total. The van der Waals surface area contributed by atoms with E-state index in [-0.39, 0.29) is 29.6 Å². The molecule has 0 saturated carbocycles. The number of carboxylic acid groups (broad SMARTS) is 1. The van der Waals surface area contributed by atoms with E-state index in [1.54, 1.807) is 17.2 Å². The lowest BCUT2D eigenvalue weighted by Gasteiger charge is -2.49. The molecule has 0 spiro atoms. The van der Waals surface area contributed by atoms with E-state index in [0.717, 1.165) is 4.91 Å². The SMILES string of the molecule is COC(=O)CO/N=C(/C(=O)NC1C(=O)N2C(C(=O)O)=C(CN3C=CC4=NC(NC(C)=O)SC4=C3)CS[C@H]12)c1ccn[nH]1. The number of ether oxygens (including phenoxy) is 1. The summed E-state index contributed by atoms with van der Waals surface area (Å²) in [5, 5.41) is 24.8. The third-order valence-corrected chi connectivity index (χ3v) is 8.58. The number of aromatic amines is 1. The van der Waals surface area contributed by atoms with Crippen LogP contribution in [0.15, 0.2) is 57.1 Å². The Balaban J connectivity index is 1.28. The van der Waals surface area contributed by atoms with E-state index in [0.29, 0.717) is 17.0 Å². The summed E-state index contributed by atoms with van der Waals surface area (Å²) in [7, 11) is 1.17. The fraction of sp³-hybridized carbons (Fsp3) is 0.333. The molecule has 220 valence electrons. The largest absolute Gasteiger partial charge is 0.477 e. The maximum atomic E-state index is 13.2. The second-order valence-electron chi connectivity index (χ2n) is 9.04. The number of fused-ring (bicyclic) bond motifs is 2. The van der Waals surface area contributed by atoms with Gasteiger partial charge in [0.15, 0.2) is 11.2 Å². The third-order valence-electron chi connectivity index (χ3n) is 6.23. The van der Waals surface area contributed by atoms with Gasteiger partial charge in [-0.2, -0.15) is 5.10 Å². The van der Waals surface area contributed by atoms with E-state index >= 15 is 0 Å². The minimum atomic E-state index is -1.26. The highest BCUT2D eigenvalue weighted by atomic mass is 32.2. The van der Waals surface area contributed by atoms with Crippen molar-refractivity contribution >= 4 is 64.6 Å². The number of aliphatic imine (C=N–C) groups is 1. The maximum Gasteiger partial charge on any atom is 0.352 e. The first-order valence-corrected chi connectivity index (χ1v) is 14.2. The van der Waals surface area contributed by atoms with E-state index < -0.39 is 47.3 Å². The van der Waals surface area contributed by atoms with Gasteiger partial charge in [0.1, 0.15) is 17.1 Å². The van der Waals surface area contributed by atoms with E-state index in [4.69, 9.17) is 4.84 Å². The van der Waals surface area contributed by atoms with Crippen LogP contribution in [-0.4, -0.2) is 109 Å². The number of nitrogens with zero attached hydrogens (tertiary/aromatic N) is 5. The van der Waals surface area contributed by atoms with E-state index in [1.807, 2.05) is 6.20 Å². The van der Waals surface area contributed by atoms with Gasteiger partial charge in [-0.25, -0.2) is 14.6 Å². The molecule has 3 atom stereocenters. The number of esters is 1. The van der Waals surface area contributed by atoms with Gasteiger partial charge < -0.3 is 30.2 Å². The standard InChI is InChI=1S/C24H24N8O8S2/c1-11(33)26-24-27-13-4-6-31(8-15(13)42-24)7-12-10-41-22-18(21(36)32(22)19(12)23(37)38)28-20(35)17(14-3-5-25-29-14)30-40-9-16(34)39-2/h3-6,8,18,22,24H,7,9-10H2,1-2H3,(H,25,29)(H,26,33)(H,28,35)(H,37,38)/b30-17+/t18?,22-,24?/m1/s1. The summed E-state index contributed by atoms with van der Waals surface area (Å²) in [6, 6.07) is 0.425. The number of carboxylic acids is 1. The van der Waals surface area contributed by atoms with Crippen LogP contribution in [0.4, 0.5) is 0 Å². The number of hydrogen-bond acceptors (Lipinski definition) is 13. The average Bonchev–Trinajstić information content (AvgIpc) is 3.62. The number of oxime groups is 1. The van der Waals surface area contributed by atoms with Crippen molar-refractivity contribution in [3.63, 3.8) is 0 Å². The van der Waals surface area contributed by atoms with Crippen LogP contribution in [0.2, 0.25) is 0 Å². The van der Waals surface area contributed by atoms with Gasteiger partial charge in [-0.1, -0.05) is 16.9 Å². The Kier molecular flexibility index (Phi) is 8.34. The van der Waals surface area contributed by atoms with Crippen molar-refractivity contribution in [3.8, 4) is 0 Å². The highest BCUT2D eigenvalue weighted by Gasteiger charge is 2.54. The first kappa shape index (κ1) is 28.9. The fourth-order valence-corrected chi connectivity index (χ4v) is 6.76. The van der Waals surface area contributed by atoms with Crippen LogP contribution in [0, 0.1) is 0 Å². The summed E-state index contributed by atoms with van der Waals surface area (Å²) in [4.78, 5) is 74.4. The lowest BCUT2D eigenvalue weighted by atomic mass is 10.0. The van der Waals surface area contributed by atoms with Crippen molar-refractivity contribution < 1.29 is 38.7 Å². The number of carbonyl (C=O) groups excluding carboxylic acids is 4. The predicted octanol–water partition coefficient (Wildman–Crippen LogP) is -0.680. The second kappa shape index (κ2) is 12.1. The summed E-state index contributed by atoms with van der Waals surface area (Å²) in [6.45, 7) is 1.07. The Morgan fingerprint density at radius 3 is 2.79 bits per heavy atom. The number of carbonyl (C=O) groups is 5. The smallest absolute Gasteiger partial charge is 0.352 e. The summed E-state index contributed by atoms with van der Waals surface area (Å²) in [6.07, 6.45) is 6.72. The minimum Gasteiger partial charge on any atom is -0.477 e. The van der Waals surface area contributed by atoms with Gasteiger partial charge in [-0.05, 0) is 17.7 Å². The molecule has 18 heteroatoms. The number of β-lactam (4-membered cyclic amide) rings is 1. The number of rotatable bonds is 10. The van der Waals surface area contributed by atoms with Crippen LogP contribution in [0.3, 0.4) is 0 Å². The van der Waals surface area contributed by atoms with Crippen LogP contribution in [0.1, 0.15) is 12.6 Å². The van der Waals surface area contributed by atoms with Crippen molar-refractivity contribution in [2.24, 2.45) is 10.1 Å². The molecule has 2 unspecified atom stereocenters.